The van der Waals surface area contributed by atoms with E-state index in [2.05, 4.69) is 41.5 Å². The quantitative estimate of drug-likeness (QED) is 0.737. The van der Waals surface area contributed by atoms with Crippen LogP contribution in [-0.4, -0.2) is 24.4 Å². The molecule has 0 atom stereocenters. The lowest BCUT2D eigenvalue weighted by molar-refractivity contribution is -0.0897. The standard InChI is InChI=1S/C11H24O2/c1-10(2,3)9(11(4,5)6)13-8-7-12/h9,12H,7-8H2,1-6H3. The topological polar surface area (TPSA) is 29.5 Å². The van der Waals surface area contributed by atoms with E-state index in [-0.39, 0.29) is 23.5 Å². The van der Waals surface area contributed by atoms with Crippen molar-refractivity contribution in [2.75, 3.05) is 13.2 Å². The lowest BCUT2D eigenvalue weighted by Crippen LogP contribution is -2.41. The first-order valence-corrected chi connectivity index (χ1v) is 4.92. The van der Waals surface area contributed by atoms with Crippen molar-refractivity contribution < 1.29 is 9.84 Å². The predicted molar refractivity (Wildman–Crippen MR) is 55.7 cm³/mol. The van der Waals surface area contributed by atoms with Crippen molar-refractivity contribution in [2.45, 2.75) is 47.6 Å². The van der Waals surface area contributed by atoms with Crippen LogP contribution in [0.1, 0.15) is 41.5 Å². The summed E-state index contributed by atoms with van der Waals surface area (Å²) in [6.07, 6.45) is 0.173. The van der Waals surface area contributed by atoms with Gasteiger partial charge >= 0.3 is 0 Å². The van der Waals surface area contributed by atoms with Crippen molar-refractivity contribution in [1.82, 2.24) is 0 Å². The van der Waals surface area contributed by atoms with Crippen LogP contribution in [0.4, 0.5) is 0 Å². The minimum atomic E-state index is 0.0999. The van der Waals surface area contributed by atoms with Crippen molar-refractivity contribution in [3.8, 4) is 0 Å². The van der Waals surface area contributed by atoms with Crippen molar-refractivity contribution in [3.05, 3.63) is 0 Å². The molecule has 0 amide bonds. The zero-order chi connectivity index (χ0) is 10.7. The van der Waals surface area contributed by atoms with Crippen LogP contribution in [0.25, 0.3) is 0 Å². The molecule has 0 unspecified atom stereocenters. The van der Waals surface area contributed by atoms with Crippen LogP contribution in [-0.2, 0) is 4.74 Å². The summed E-state index contributed by atoms with van der Waals surface area (Å²) in [4.78, 5) is 0. The van der Waals surface area contributed by atoms with Gasteiger partial charge in [0.05, 0.1) is 19.3 Å². The van der Waals surface area contributed by atoms with E-state index in [1.165, 1.54) is 0 Å². The Kier molecular flexibility index (Phi) is 4.40. The molecule has 0 aromatic carbocycles. The molecule has 0 saturated heterocycles. The molecule has 0 heterocycles. The summed E-state index contributed by atoms with van der Waals surface area (Å²) in [7, 11) is 0. The molecular formula is C11H24O2. The Hall–Kier alpha value is -0.0800. The van der Waals surface area contributed by atoms with Gasteiger partial charge in [-0.25, -0.2) is 0 Å². The first-order chi connectivity index (χ1) is 5.69. The van der Waals surface area contributed by atoms with E-state index in [1.807, 2.05) is 0 Å². The zero-order valence-electron chi connectivity index (χ0n) is 9.85. The minimum Gasteiger partial charge on any atom is -0.394 e. The van der Waals surface area contributed by atoms with Crippen LogP contribution < -0.4 is 0 Å². The summed E-state index contributed by atoms with van der Waals surface area (Å²) in [5, 5.41) is 8.72. The molecule has 13 heavy (non-hydrogen) atoms. The Morgan fingerprint density at radius 3 is 1.62 bits per heavy atom. The summed E-state index contributed by atoms with van der Waals surface area (Å²) in [6.45, 7) is 13.5. The largest absolute Gasteiger partial charge is 0.394 e. The Morgan fingerprint density at radius 1 is 1.00 bits per heavy atom. The number of aliphatic hydroxyl groups excluding tert-OH is 1. The highest BCUT2D eigenvalue weighted by Crippen LogP contribution is 2.35. The van der Waals surface area contributed by atoms with Gasteiger partial charge in [0.1, 0.15) is 0 Å². The van der Waals surface area contributed by atoms with Gasteiger partial charge in [-0.15, -0.1) is 0 Å². The molecule has 0 rings (SSSR count). The van der Waals surface area contributed by atoms with Crippen molar-refractivity contribution in [2.24, 2.45) is 10.8 Å². The Morgan fingerprint density at radius 2 is 1.38 bits per heavy atom. The number of hydrogen-bond donors (Lipinski definition) is 1. The fourth-order valence-electron chi connectivity index (χ4n) is 1.97. The third-order valence-electron chi connectivity index (χ3n) is 1.95. The maximum atomic E-state index is 8.72. The fraction of sp³-hybridized carbons (Fsp3) is 1.00. The predicted octanol–water partition coefficient (Wildman–Crippen LogP) is 2.46. The molecule has 0 radical (unpaired) electrons. The number of hydrogen-bond acceptors (Lipinski definition) is 2. The molecule has 0 aromatic heterocycles. The van der Waals surface area contributed by atoms with E-state index in [0.717, 1.165) is 0 Å². The molecule has 2 nitrogen and oxygen atoms in total. The first kappa shape index (κ1) is 12.9. The van der Waals surface area contributed by atoms with E-state index >= 15 is 0 Å². The fourth-order valence-corrected chi connectivity index (χ4v) is 1.97. The molecule has 0 saturated carbocycles. The van der Waals surface area contributed by atoms with Gasteiger partial charge in [-0.3, -0.25) is 0 Å². The number of rotatable bonds is 3. The first-order valence-electron chi connectivity index (χ1n) is 4.92. The maximum absolute atomic E-state index is 8.72. The van der Waals surface area contributed by atoms with Crippen LogP contribution >= 0.6 is 0 Å². The summed E-state index contributed by atoms with van der Waals surface area (Å²) >= 11 is 0. The molecule has 80 valence electrons. The van der Waals surface area contributed by atoms with Crippen LogP contribution in [0.5, 0.6) is 0 Å². The van der Waals surface area contributed by atoms with Gasteiger partial charge in [0, 0.05) is 0 Å². The summed E-state index contributed by atoms with van der Waals surface area (Å²) in [6, 6.07) is 0. The molecule has 0 aliphatic heterocycles. The third kappa shape index (κ3) is 4.63. The second-order valence-electron chi connectivity index (χ2n) is 5.71. The van der Waals surface area contributed by atoms with Gasteiger partial charge < -0.3 is 9.84 Å². The molecule has 1 N–H and O–H groups in total. The van der Waals surface area contributed by atoms with E-state index in [9.17, 15) is 0 Å². The lowest BCUT2D eigenvalue weighted by atomic mass is 9.74. The molecule has 0 fully saturated rings. The van der Waals surface area contributed by atoms with Crippen molar-refractivity contribution >= 4 is 0 Å². The Bertz CT molecular complexity index is 125. The average molecular weight is 188 g/mol. The number of ether oxygens (including phenoxy) is 1. The van der Waals surface area contributed by atoms with E-state index in [1.54, 1.807) is 0 Å². The smallest absolute Gasteiger partial charge is 0.0702 e. The SMILES string of the molecule is CC(C)(C)C(OCCO)C(C)(C)C. The van der Waals surface area contributed by atoms with Crippen LogP contribution in [0.3, 0.4) is 0 Å². The maximum Gasteiger partial charge on any atom is 0.0702 e. The molecule has 0 spiro atoms. The summed E-state index contributed by atoms with van der Waals surface area (Å²) < 4.78 is 5.67. The number of aliphatic hydroxyl groups is 1. The molecule has 2 heteroatoms. The normalized spacial score (nSPS) is 13.8. The van der Waals surface area contributed by atoms with E-state index < -0.39 is 0 Å². The van der Waals surface area contributed by atoms with E-state index in [4.69, 9.17) is 9.84 Å². The highest BCUT2D eigenvalue weighted by molar-refractivity contribution is 4.84. The van der Waals surface area contributed by atoms with Gasteiger partial charge in [0.2, 0.25) is 0 Å². The van der Waals surface area contributed by atoms with Crippen LogP contribution in [0, 0.1) is 10.8 Å². The zero-order valence-corrected chi connectivity index (χ0v) is 9.85. The highest BCUT2D eigenvalue weighted by Gasteiger charge is 2.35. The third-order valence-corrected chi connectivity index (χ3v) is 1.95. The molecule has 0 aliphatic carbocycles. The molecule has 0 bridgehead atoms. The minimum absolute atomic E-state index is 0.0999. The highest BCUT2D eigenvalue weighted by atomic mass is 16.5. The van der Waals surface area contributed by atoms with Gasteiger partial charge in [0.15, 0.2) is 0 Å². The van der Waals surface area contributed by atoms with Gasteiger partial charge in [-0.1, -0.05) is 41.5 Å². The summed E-state index contributed by atoms with van der Waals surface area (Å²) in [5.74, 6) is 0. The lowest BCUT2D eigenvalue weighted by Gasteiger charge is -2.40. The second kappa shape index (κ2) is 4.43. The summed E-state index contributed by atoms with van der Waals surface area (Å²) in [5.41, 5.74) is 0.237. The van der Waals surface area contributed by atoms with Crippen molar-refractivity contribution in [1.29, 1.82) is 0 Å². The van der Waals surface area contributed by atoms with Gasteiger partial charge in [0.25, 0.3) is 0 Å². The van der Waals surface area contributed by atoms with E-state index in [0.29, 0.717) is 6.61 Å². The molecule has 0 aliphatic rings. The van der Waals surface area contributed by atoms with Gasteiger partial charge in [-0.2, -0.15) is 0 Å². The van der Waals surface area contributed by atoms with Gasteiger partial charge in [-0.05, 0) is 10.8 Å². The second-order valence-corrected chi connectivity index (χ2v) is 5.71. The Balaban J connectivity index is 4.39. The average Bonchev–Trinajstić information content (AvgIpc) is 1.81. The molecule has 0 aromatic rings. The van der Waals surface area contributed by atoms with Crippen molar-refractivity contribution in [3.63, 3.8) is 0 Å². The monoisotopic (exact) mass is 188 g/mol. The van der Waals surface area contributed by atoms with Crippen LogP contribution in [0.2, 0.25) is 0 Å². The van der Waals surface area contributed by atoms with Crippen LogP contribution in [0.15, 0.2) is 0 Å². The molecular weight excluding hydrogens is 164 g/mol. The Labute approximate surface area is 82.3 Å².